The van der Waals surface area contributed by atoms with Gasteiger partial charge in [-0.3, -0.25) is 9.59 Å². The highest BCUT2D eigenvalue weighted by Crippen LogP contribution is 2.30. The first-order valence-electron chi connectivity index (χ1n) is 11.5. The number of carbonyl (C=O) groups excluding carboxylic acids is 2. The summed E-state index contributed by atoms with van der Waals surface area (Å²) < 4.78 is 7.15. The van der Waals surface area contributed by atoms with Crippen molar-refractivity contribution in [2.75, 3.05) is 45.1 Å². The molecule has 2 aliphatic heterocycles. The van der Waals surface area contributed by atoms with E-state index in [9.17, 15) is 9.59 Å². The molecule has 3 aromatic rings. The number of likely N-dealkylation sites (tertiary alicyclic amines) is 1. The van der Waals surface area contributed by atoms with E-state index < -0.39 is 0 Å². The number of benzene rings is 1. The molecule has 2 amide bonds. The van der Waals surface area contributed by atoms with Gasteiger partial charge in [-0.15, -0.1) is 11.8 Å². The van der Waals surface area contributed by atoms with E-state index in [-0.39, 0.29) is 11.8 Å². The summed E-state index contributed by atoms with van der Waals surface area (Å²) >= 11 is 1.59. The van der Waals surface area contributed by atoms with Gasteiger partial charge in [0.05, 0.1) is 36.2 Å². The number of piperidine rings is 1. The zero-order chi connectivity index (χ0) is 22.6. The number of hydrogen-bond donors (Lipinski definition) is 0. The number of nitrogens with zero attached hydrogens (tertiary/aromatic N) is 4. The Balaban J connectivity index is 1.22. The molecular weight excluding hydrogens is 436 g/mol. The third-order valence-electron chi connectivity index (χ3n) is 6.50. The molecule has 4 heterocycles. The van der Waals surface area contributed by atoms with Gasteiger partial charge < -0.3 is 14.5 Å². The summed E-state index contributed by atoms with van der Waals surface area (Å²) in [6.07, 6.45) is 5.47. The maximum atomic E-state index is 13.0. The van der Waals surface area contributed by atoms with Crippen LogP contribution in [0, 0.1) is 0 Å². The number of rotatable bonds is 5. The molecule has 2 aromatic heterocycles. The van der Waals surface area contributed by atoms with Crippen LogP contribution in [0.3, 0.4) is 0 Å². The lowest BCUT2D eigenvalue weighted by Crippen LogP contribution is -2.40. The second-order valence-corrected chi connectivity index (χ2v) is 9.56. The molecule has 2 aliphatic rings. The van der Waals surface area contributed by atoms with Crippen LogP contribution in [0.25, 0.3) is 5.52 Å². The number of fused-ring (bicyclic) bond motifs is 1. The Kier molecular flexibility index (Phi) is 6.64. The van der Waals surface area contributed by atoms with Crippen molar-refractivity contribution in [1.82, 2.24) is 19.4 Å². The Bertz CT molecular complexity index is 1120. The highest BCUT2D eigenvalue weighted by atomic mass is 32.2. The predicted molar refractivity (Wildman–Crippen MR) is 128 cm³/mol. The molecule has 0 bridgehead atoms. The molecule has 8 heteroatoms. The molecule has 0 unspecified atom stereocenters. The number of morpholine rings is 1. The molecular formula is C25H28N4O3S. The predicted octanol–water partition coefficient (Wildman–Crippen LogP) is 3.31. The van der Waals surface area contributed by atoms with Crippen LogP contribution in [0.5, 0.6) is 0 Å². The van der Waals surface area contributed by atoms with Gasteiger partial charge in [0.25, 0.3) is 5.91 Å². The van der Waals surface area contributed by atoms with Crippen LogP contribution in [0.15, 0.2) is 59.8 Å². The first-order chi connectivity index (χ1) is 16.2. The first-order valence-corrected chi connectivity index (χ1v) is 12.5. The number of hydrogen-bond acceptors (Lipinski definition) is 5. The van der Waals surface area contributed by atoms with Crippen molar-refractivity contribution < 1.29 is 14.3 Å². The molecule has 33 heavy (non-hydrogen) atoms. The standard InChI is InChI=1S/C25H28N4O3S/c30-24(18-33-21-4-2-1-3-5-21)27-9-6-19(7-10-27)20-8-11-29-23(16-20)22(17-26-29)25(31)28-12-14-32-15-13-28/h1-5,8,11,16-17,19H,6-7,9-10,12-15,18H2. The normalized spacial score (nSPS) is 17.5. The average Bonchev–Trinajstić information content (AvgIpc) is 3.31. The van der Waals surface area contributed by atoms with E-state index in [4.69, 9.17) is 4.74 Å². The van der Waals surface area contributed by atoms with E-state index >= 15 is 0 Å². The fourth-order valence-electron chi connectivity index (χ4n) is 4.57. The van der Waals surface area contributed by atoms with Crippen molar-refractivity contribution in [3.63, 3.8) is 0 Å². The number of carbonyl (C=O) groups is 2. The summed E-state index contributed by atoms with van der Waals surface area (Å²) in [5.41, 5.74) is 2.70. The molecule has 7 nitrogen and oxygen atoms in total. The molecule has 0 atom stereocenters. The summed E-state index contributed by atoms with van der Waals surface area (Å²) in [5, 5.41) is 4.38. The van der Waals surface area contributed by atoms with Gasteiger partial charge in [0.2, 0.25) is 5.91 Å². The maximum Gasteiger partial charge on any atom is 0.257 e. The zero-order valence-electron chi connectivity index (χ0n) is 18.6. The van der Waals surface area contributed by atoms with Gasteiger partial charge in [0.15, 0.2) is 0 Å². The van der Waals surface area contributed by atoms with Gasteiger partial charge in [-0.2, -0.15) is 5.10 Å². The molecule has 1 aromatic carbocycles. The van der Waals surface area contributed by atoms with Gasteiger partial charge >= 0.3 is 0 Å². The largest absolute Gasteiger partial charge is 0.378 e. The van der Waals surface area contributed by atoms with Crippen LogP contribution in [-0.2, 0) is 9.53 Å². The summed E-state index contributed by atoms with van der Waals surface area (Å²) in [7, 11) is 0. The molecule has 0 aliphatic carbocycles. The molecule has 2 saturated heterocycles. The van der Waals surface area contributed by atoms with Gasteiger partial charge in [-0.05, 0) is 48.6 Å². The van der Waals surface area contributed by atoms with Crippen LogP contribution in [0.1, 0.15) is 34.7 Å². The smallest absolute Gasteiger partial charge is 0.257 e. The number of pyridine rings is 1. The Labute approximate surface area is 197 Å². The van der Waals surface area contributed by atoms with Gasteiger partial charge in [0, 0.05) is 37.3 Å². The maximum absolute atomic E-state index is 13.0. The van der Waals surface area contributed by atoms with Crippen molar-refractivity contribution in [3.8, 4) is 0 Å². The van der Waals surface area contributed by atoms with Crippen molar-refractivity contribution in [1.29, 1.82) is 0 Å². The second kappa shape index (κ2) is 9.97. The van der Waals surface area contributed by atoms with Gasteiger partial charge in [-0.25, -0.2) is 4.52 Å². The van der Waals surface area contributed by atoms with Crippen molar-refractivity contribution in [2.24, 2.45) is 0 Å². The minimum Gasteiger partial charge on any atom is -0.378 e. The summed E-state index contributed by atoms with van der Waals surface area (Å²) in [4.78, 5) is 30.6. The van der Waals surface area contributed by atoms with E-state index in [0.29, 0.717) is 43.5 Å². The Hall–Kier alpha value is -2.84. The van der Waals surface area contributed by atoms with Crippen LogP contribution in [-0.4, -0.2) is 76.4 Å². The number of amides is 2. The van der Waals surface area contributed by atoms with Crippen molar-refractivity contribution in [3.05, 3.63) is 66.0 Å². The van der Waals surface area contributed by atoms with E-state index in [1.54, 1.807) is 22.5 Å². The molecule has 0 saturated carbocycles. The lowest BCUT2D eigenvalue weighted by Gasteiger charge is -2.32. The van der Waals surface area contributed by atoms with Crippen molar-refractivity contribution in [2.45, 2.75) is 23.7 Å². The fourth-order valence-corrected chi connectivity index (χ4v) is 5.39. The van der Waals surface area contributed by atoms with Crippen molar-refractivity contribution >= 4 is 29.1 Å². The lowest BCUT2D eigenvalue weighted by atomic mass is 9.89. The third kappa shape index (κ3) is 4.91. The van der Waals surface area contributed by atoms with E-state index in [0.717, 1.165) is 36.3 Å². The first kappa shape index (κ1) is 22.0. The summed E-state index contributed by atoms with van der Waals surface area (Å²) in [6.45, 7) is 3.93. The number of ether oxygens (including phenoxy) is 1. The summed E-state index contributed by atoms with van der Waals surface area (Å²) in [5.74, 6) is 1.07. The average molecular weight is 465 g/mol. The van der Waals surface area contributed by atoms with Gasteiger partial charge in [0.1, 0.15) is 0 Å². The van der Waals surface area contributed by atoms with E-state index in [2.05, 4.69) is 17.2 Å². The molecule has 5 rings (SSSR count). The van der Waals surface area contributed by atoms with Crippen LogP contribution < -0.4 is 0 Å². The number of aromatic nitrogens is 2. The quantitative estimate of drug-likeness (QED) is 0.542. The monoisotopic (exact) mass is 464 g/mol. The van der Waals surface area contributed by atoms with E-state index in [1.807, 2.05) is 46.3 Å². The third-order valence-corrected chi connectivity index (χ3v) is 7.50. The second-order valence-electron chi connectivity index (χ2n) is 8.51. The van der Waals surface area contributed by atoms with Gasteiger partial charge in [-0.1, -0.05) is 18.2 Å². The van der Waals surface area contributed by atoms with E-state index in [1.165, 1.54) is 5.56 Å². The van der Waals surface area contributed by atoms with Crippen LogP contribution >= 0.6 is 11.8 Å². The zero-order valence-corrected chi connectivity index (χ0v) is 19.4. The molecule has 172 valence electrons. The minimum atomic E-state index is 0.0155. The molecule has 0 radical (unpaired) electrons. The Morgan fingerprint density at radius 1 is 1.00 bits per heavy atom. The highest BCUT2D eigenvalue weighted by Gasteiger charge is 2.26. The Morgan fingerprint density at radius 3 is 2.52 bits per heavy atom. The molecule has 0 N–H and O–H groups in total. The molecule has 2 fully saturated rings. The minimum absolute atomic E-state index is 0.0155. The van der Waals surface area contributed by atoms with Crippen LogP contribution in [0.4, 0.5) is 0 Å². The van der Waals surface area contributed by atoms with Crippen LogP contribution in [0.2, 0.25) is 0 Å². The fraction of sp³-hybridized carbons (Fsp3) is 0.400. The lowest BCUT2D eigenvalue weighted by molar-refractivity contribution is -0.129. The highest BCUT2D eigenvalue weighted by molar-refractivity contribution is 8.00. The Morgan fingerprint density at radius 2 is 1.76 bits per heavy atom. The molecule has 0 spiro atoms. The topological polar surface area (TPSA) is 67.2 Å². The number of thioether (sulfide) groups is 1. The SMILES string of the molecule is O=C(CSc1ccccc1)N1CCC(c2ccn3ncc(C(=O)N4CCOCC4)c3c2)CC1. The summed E-state index contributed by atoms with van der Waals surface area (Å²) in [6, 6.07) is 14.2.